The molecule has 2 saturated carbocycles. The maximum absolute atomic E-state index is 10.7. The van der Waals surface area contributed by atoms with E-state index in [9.17, 15) is 4.79 Å². The van der Waals surface area contributed by atoms with Gasteiger partial charge in [-0.05, 0) is 64.7 Å². The first-order valence-corrected chi connectivity index (χ1v) is 6.17. The summed E-state index contributed by atoms with van der Waals surface area (Å²) in [6.45, 7) is 2.32. The average Bonchev–Trinajstić information content (AvgIpc) is 3.10. The molecule has 0 bridgehead atoms. The molecule has 2 aliphatic rings. The second-order valence-corrected chi connectivity index (χ2v) is 3.58. The van der Waals surface area contributed by atoms with Gasteiger partial charge < -0.3 is 9.47 Å². The Kier molecular flexibility index (Phi) is 13.2. The van der Waals surface area contributed by atoms with Gasteiger partial charge in [0.05, 0.1) is 6.61 Å². The zero-order valence-electron chi connectivity index (χ0n) is 11.3. The van der Waals surface area contributed by atoms with Crippen molar-refractivity contribution in [1.82, 2.24) is 0 Å². The number of rotatable bonds is 4. The van der Waals surface area contributed by atoms with Crippen LogP contribution in [-0.2, 0) is 26.5 Å². The van der Waals surface area contributed by atoms with Crippen molar-refractivity contribution in [3.05, 3.63) is 75.9 Å². The molecule has 20 heavy (non-hydrogen) atoms. The molecule has 106 valence electrons. The number of allylic oxidation sites excluding steroid dienone is 1. The molecule has 0 amide bonds. The van der Waals surface area contributed by atoms with E-state index in [4.69, 9.17) is 4.74 Å². The SMILES string of the molecule is CCOC(=O)OC/C=C/[C]1[CH][CH][CH][CH]1.[CH]1[CH][CH][CH][CH]1.[Fe+2]. The van der Waals surface area contributed by atoms with Gasteiger partial charge in [0, 0.05) is 5.92 Å². The largest absolute Gasteiger partial charge is 2.00 e. The molecule has 0 unspecified atom stereocenters. The number of carbonyl (C=O) groups excluding carboxylic acids is 1. The summed E-state index contributed by atoms with van der Waals surface area (Å²) in [6.07, 6.45) is 20.9. The Morgan fingerprint density at radius 2 is 1.55 bits per heavy atom. The fourth-order valence-electron chi connectivity index (χ4n) is 1.28. The van der Waals surface area contributed by atoms with Crippen LogP contribution in [0.15, 0.2) is 12.2 Å². The van der Waals surface area contributed by atoms with Crippen molar-refractivity contribution in [2.75, 3.05) is 13.2 Å². The number of ether oxygens (including phenoxy) is 2. The number of hydrogen-bond donors (Lipinski definition) is 0. The van der Waals surface area contributed by atoms with E-state index in [1.165, 1.54) is 0 Å². The molecule has 10 radical (unpaired) electrons. The third kappa shape index (κ3) is 10.3. The van der Waals surface area contributed by atoms with Gasteiger partial charge in [-0.1, -0.05) is 12.2 Å². The number of carbonyl (C=O) groups is 1. The summed E-state index contributed by atoms with van der Waals surface area (Å²) in [5.41, 5.74) is 0. The zero-order chi connectivity index (χ0) is 13.8. The standard InChI is InChI=1S/C11H13O3.C5H5.Fe/c1-2-13-11(12)14-9-5-8-10-6-3-4-7-10;1-2-4-5-3-1;/h3-8H,2,9H2,1H3;1-5H;/q;;+2/b8-5+;;. The van der Waals surface area contributed by atoms with E-state index in [0.717, 1.165) is 5.92 Å². The number of hydrogen-bond acceptors (Lipinski definition) is 3. The molecular weight excluding hydrogens is 296 g/mol. The van der Waals surface area contributed by atoms with Crippen LogP contribution in [0, 0.1) is 63.7 Å². The van der Waals surface area contributed by atoms with E-state index in [1.807, 2.05) is 63.9 Å². The topological polar surface area (TPSA) is 35.5 Å². The minimum absolute atomic E-state index is 0. The first kappa shape index (κ1) is 19.5. The molecule has 0 saturated heterocycles. The van der Waals surface area contributed by atoms with Crippen molar-refractivity contribution in [2.45, 2.75) is 6.92 Å². The summed E-state index contributed by atoms with van der Waals surface area (Å²) in [7, 11) is 0. The van der Waals surface area contributed by atoms with Gasteiger partial charge >= 0.3 is 23.2 Å². The van der Waals surface area contributed by atoms with Gasteiger partial charge in [-0.3, -0.25) is 0 Å². The van der Waals surface area contributed by atoms with Crippen LogP contribution in [-0.4, -0.2) is 19.4 Å². The molecule has 0 heterocycles. The Morgan fingerprint density at radius 1 is 1.00 bits per heavy atom. The predicted octanol–water partition coefficient (Wildman–Crippen LogP) is 3.14. The fraction of sp³-hybridized carbons (Fsp3) is 0.188. The Hall–Kier alpha value is -0.471. The molecule has 0 aromatic carbocycles. The predicted molar refractivity (Wildman–Crippen MR) is 74.1 cm³/mol. The minimum atomic E-state index is -0.625. The first-order chi connectivity index (χ1) is 9.33. The monoisotopic (exact) mass is 314 g/mol. The van der Waals surface area contributed by atoms with Gasteiger partial charge in [0.2, 0.25) is 0 Å². The van der Waals surface area contributed by atoms with Crippen LogP contribution in [0.2, 0.25) is 0 Å². The van der Waals surface area contributed by atoms with Crippen molar-refractivity contribution in [1.29, 1.82) is 0 Å². The molecular formula is C16H18FeO3+2. The van der Waals surface area contributed by atoms with Crippen LogP contribution < -0.4 is 0 Å². The molecule has 0 spiro atoms. The molecule has 4 heteroatoms. The maximum Gasteiger partial charge on any atom is 2.00 e. The first-order valence-electron chi connectivity index (χ1n) is 6.17. The quantitative estimate of drug-likeness (QED) is 0.591. The van der Waals surface area contributed by atoms with Gasteiger partial charge in [-0.15, -0.1) is 0 Å². The molecule has 2 fully saturated rings. The van der Waals surface area contributed by atoms with Gasteiger partial charge in [0.15, 0.2) is 0 Å². The third-order valence-electron chi connectivity index (χ3n) is 2.11. The Labute approximate surface area is 134 Å². The van der Waals surface area contributed by atoms with Crippen LogP contribution >= 0.6 is 0 Å². The van der Waals surface area contributed by atoms with E-state index in [2.05, 4.69) is 4.74 Å². The van der Waals surface area contributed by atoms with Crippen molar-refractivity contribution in [2.24, 2.45) is 0 Å². The summed E-state index contributed by atoms with van der Waals surface area (Å²) in [4.78, 5) is 10.7. The molecule has 2 aliphatic carbocycles. The van der Waals surface area contributed by atoms with Crippen molar-refractivity contribution >= 4 is 6.16 Å². The second kappa shape index (κ2) is 13.5. The van der Waals surface area contributed by atoms with E-state index < -0.39 is 6.16 Å². The van der Waals surface area contributed by atoms with Crippen LogP contribution in [0.3, 0.4) is 0 Å². The smallest absolute Gasteiger partial charge is 0.435 e. The zero-order valence-corrected chi connectivity index (χ0v) is 12.4. The van der Waals surface area contributed by atoms with E-state index in [0.29, 0.717) is 6.61 Å². The van der Waals surface area contributed by atoms with E-state index in [1.54, 1.807) is 13.0 Å². The van der Waals surface area contributed by atoms with E-state index >= 15 is 0 Å². The average molecular weight is 314 g/mol. The summed E-state index contributed by atoms with van der Waals surface area (Å²) in [6, 6.07) is 0. The molecule has 0 N–H and O–H groups in total. The summed E-state index contributed by atoms with van der Waals surface area (Å²) >= 11 is 0. The van der Waals surface area contributed by atoms with Gasteiger partial charge in [0.1, 0.15) is 6.61 Å². The van der Waals surface area contributed by atoms with Crippen LogP contribution in [0.25, 0.3) is 0 Å². The summed E-state index contributed by atoms with van der Waals surface area (Å²) in [5, 5.41) is 0. The van der Waals surface area contributed by atoms with Crippen LogP contribution in [0.4, 0.5) is 4.79 Å². The minimum Gasteiger partial charge on any atom is -0.435 e. The Bertz CT molecular complexity index is 249. The molecule has 0 atom stereocenters. The van der Waals surface area contributed by atoms with Crippen molar-refractivity contribution in [3.8, 4) is 0 Å². The maximum atomic E-state index is 10.7. The van der Waals surface area contributed by atoms with Gasteiger partial charge in [-0.2, -0.15) is 0 Å². The molecule has 0 aliphatic heterocycles. The Morgan fingerprint density at radius 3 is 2.05 bits per heavy atom. The summed E-state index contributed by atoms with van der Waals surface area (Å²) in [5.74, 6) is 1.09. The van der Waals surface area contributed by atoms with Crippen molar-refractivity contribution in [3.63, 3.8) is 0 Å². The van der Waals surface area contributed by atoms with E-state index in [-0.39, 0.29) is 23.7 Å². The summed E-state index contributed by atoms with van der Waals surface area (Å²) < 4.78 is 9.32. The van der Waals surface area contributed by atoms with Crippen LogP contribution in [0.5, 0.6) is 0 Å². The molecule has 2 rings (SSSR count). The normalized spacial score (nSPS) is 18.2. The second-order valence-electron chi connectivity index (χ2n) is 3.58. The van der Waals surface area contributed by atoms with Gasteiger partial charge in [0.25, 0.3) is 0 Å². The van der Waals surface area contributed by atoms with Crippen LogP contribution in [0.1, 0.15) is 6.92 Å². The van der Waals surface area contributed by atoms with Crippen molar-refractivity contribution < 1.29 is 31.3 Å². The van der Waals surface area contributed by atoms with Gasteiger partial charge in [-0.25, -0.2) is 4.79 Å². The Balaban J connectivity index is 0.000000507. The third-order valence-corrected chi connectivity index (χ3v) is 2.11. The molecule has 0 aromatic rings. The molecule has 3 nitrogen and oxygen atoms in total. The molecule has 0 aromatic heterocycles. The fourth-order valence-corrected chi connectivity index (χ4v) is 1.28.